The molecule has 1 fully saturated rings. The SMILES string of the molecule is [CH2-][C@@H]1C(=O)N(C)[C@@H](C(C)CC)C(=O)N[C@@H](C(C)C)C(=O)N(C)[C@@H](CC(C)C)C(=O)N[C@@H](C)C(=O)N[C@H](C)C(=O)N(C)[C@@H](CC(C)C)C(=O)N(C)[C@@H](CC(C)C)C(=O)N(C)[C@@H](C(C)C)C(=O)N(C)[C@@H]([C@H](O)[C@H](C)C/C=C/C)C(=O)N[C@@H](CC)C(=O)N1C.[CH3-].[W+2]. The second-order valence-electron chi connectivity index (χ2n) is 26.0. The number of carbonyl (C=O) groups excluding carboxylic acids is 11. The van der Waals surface area contributed by atoms with Gasteiger partial charge in [0.25, 0.3) is 0 Å². The molecule has 1 saturated heterocycles. The van der Waals surface area contributed by atoms with Gasteiger partial charge in [-0.05, 0) is 100 Å². The van der Waals surface area contributed by atoms with Crippen molar-refractivity contribution in [3.8, 4) is 0 Å². The summed E-state index contributed by atoms with van der Waals surface area (Å²) in [4.78, 5) is 169. The van der Waals surface area contributed by atoms with Crippen LogP contribution in [0.2, 0.25) is 0 Å². The first kappa shape index (κ1) is 84.6. The average Bonchev–Trinajstić information content (AvgIpc) is 1.99. The Bertz CT molecular complexity index is 2370. The minimum absolute atomic E-state index is 0. The Kier molecular flexibility index (Phi) is 36.8. The molecule has 0 radical (unpaired) electrons. The molecule has 1 unspecified atom stereocenters. The van der Waals surface area contributed by atoms with Crippen LogP contribution in [0.3, 0.4) is 0 Å². The molecule has 0 aliphatic carbocycles. The van der Waals surface area contributed by atoms with E-state index < -0.39 is 161 Å². The summed E-state index contributed by atoms with van der Waals surface area (Å²) in [6, 6.07) is -14.0. The number of aliphatic hydroxyl groups excluding tert-OH is 1. The Morgan fingerprint density at radius 2 is 0.898 bits per heavy atom. The molecule has 0 aromatic carbocycles. The van der Waals surface area contributed by atoms with Crippen molar-refractivity contribution < 1.29 is 78.9 Å². The summed E-state index contributed by atoms with van der Waals surface area (Å²) in [5.74, 6) is -10.4. The molecule has 88 heavy (non-hydrogen) atoms. The molecule has 1 rings (SSSR count). The fourth-order valence-electron chi connectivity index (χ4n) is 10.9. The molecule has 1 heterocycles. The first-order chi connectivity index (χ1) is 39.7. The van der Waals surface area contributed by atoms with E-state index in [1.165, 1.54) is 87.7 Å². The zero-order valence-electron chi connectivity index (χ0n) is 58.1. The van der Waals surface area contributed by atoms with Gasteiger partial charge in [-0.3, -0.25) is 52.7 Å². The van der Waals surface area contributed by atoms with Crippen molar-refractivity contribution in [2.24, 2.45) is 41.4 Å². The maximum atomic E-state index is 15.2. The molecule has 14 atom stereocenters. The minimum atomic E-state index is -1.63. The normalized spacial score (nSPS) is 27.3. The Morgan fingerprint density at radius 3 is 1.34 bits per heavy atom. The zero-order chi connectivity index (χ0) is 66.8. The van der Waals surface area contributed by atoms with Gasteiger partial charge in [0.2, 0.25) is 65.0 Å². The van der Waals surface area contributed by atoms with Crippen LogP contribution in [0.5, 0.6) is 0 Å². The molecule has 0 spiro atoms. The second kappa shape index (κ2) is 38.3. The number of carbonyl (C=O) groups is 11. The van der Waals surface area contributed by atoms with Crippen LogP contribution in [0.1, 0.15) is 156 Å². The first-order valence-corrected chi connectivity index (χ1v) is 30.9. The summed E-state index contributed by atoms with van der Waals surface area (Å²) < 4.78 is 0. The van der Waals surface area contributed by atoms with Crippen molar-refractivity contribution in [1.29, 1.82) is 0 Å². The fraction of sp³-hybridized carbons (Fsp3) is 0.766. The van der Waals surface area contributed by atoms with Crippen LogP contribution < -0.4 is 21.3 Å². The van der Waals surface area contributed by atoms with Crippen molar-refractivity contribution in [3.05, 3.63) is 26.5 Å². The minimum Gasteiger partial charge on any atom is -0.390 e. The Balaban J connectivity index is 0. The molecule has 11 amide bonds. The first-order valence-electron chi connectivity index (χ1n) is 30.9. The van der Waals surface area contributed by atoms with Crippen molar-refractivity contribution in [2.45, 2.75) is 229 Å². The molecule has 0 saturated carbocycles. The van der Waals surface area contributed by atoms with E-state index in [2.05, 4.69) is 28.2 Å². The van der Waals surface area contributed by atoms with Crippen LogP contribution in [-0.4, -0.2) is 226 Å². The number of rotatable bonds is 15. The van der Waals surface area contributed by atoms with E-state index in [-0.39, 0.29) is 71.9 Å². The molecule has 0 aromatic heterocycles. The van der Waals surface area contributed by atoms with Crippen LogP contribution in [0.25, 0.3) is 0 Å². The molecule has 1 aliphatic rings. The molecular formula is C64H115N11O12W. The summed E-state index contributed by atoms with van der Waals surface area (Å²) in [6.45, 7) is 33.7. The number of nitrogens with zero attached hydrogens (tertiary/aromatic N) is 7. The van der Waals surface area contributed by atoms with Gasteiger partial charge in [-0.15, -0.1) is 0 Å². The number of likely N-dealkylation sites (N-methyl/N-ethyl adjacent to an activating group) is 7. The van der Waals surface area contributed by atoms with Crippen LogP contribution in [0.4, 0.5) is 0 Å². The summed E-state index contributed by atoms with van der Waals surface area (Å²) in [6.07, 6.45) is 3.19. The standard InChI is InChI=1S/C63H112N11O12.CH3.W/c1-26-29-30-40(15)52(75)51-56(79)66-44(28-3)59(82)68(19)43(18)58(81)73(24)50(39(14)27-2)55(78)67-48(37(10)11)62(85)69(20)45(31-34(4)5)54(77)64-41(16)53(76)65-42(17)57(80)70(21)46(32-35(6)7)60(83)71(22)47(33-36(8)9)61(84)72(23)49(38(12)13)63(86)74(51)25;;/h26,29,34-52,75H,18,27-28,30-33H2,1-17,19-25H3,(H,64,77)(H,65,76)(H,66,79)(H,67,78);1H3;/q2*-1;+2/b29-26+;;/t39?,40-,41+,42-,43-,44+,45+,46+,47+,48+,49+,50+,51+,52-;;/m1../s1. The quantitative estimate of drug-likeness (QED) is 0.115. The number of amides is 11. The summed E-state index contributed by atoms with van der Waals surface area (Å²) in [5, 5.41) is 23.1. The van der Waals surface area contributed by atoms with Crippen molar-refractivity contribution in [1.82, 2.24) is 55.6 Å². The van der Waals surface area contributed by atoms with Crippen molar-refractivity contribution in [2.75, 3.05) is 49.3 Å². The Hall–Kier alpha value is -5.44. The van der Waals surface area contributed by atoms with Crippen LogP contribution in [0.15, 0.2) is 12.2 Å². The predicted molar refractivity (Wildman–Crippen MR) is 339 cm³/mol. The third-order valence-electron chi connectivity index (χ3n) is 16.8. The van der Waals surface area contributed by atoms with E-state index in [1.54, 1.807) is 67.5 Å². The molecule has 0 bridgehead atoms. The maximum absolute atomic E-state index is 15.2. The van der Waals surface area contributed by atoms with Gasteiger partial charge in [0, 0.05) is 49.3 Å². The smallest absolute Gasteiger partial charge is 0.390 e. The van der Waals surface area contributed by atoms with Gasteiger partial charge in [-0.1, -0.05) is 116 Å². The molecule has 0 aromatic rings. The van der Waals surface area contributed by atoms with Gasteiger partial charge in [-0.25, -0.2) is 0 Å². The third kappa shape index (κ3) is 22.5. The number of hydrogen-bond donors (Lipinski definition) is 5. The Labute approximate surface area is 543 Å². The molecule has 5 N–H and O–H groups in total. The molecule has 24 heteroatoms. The molecule has 504 valence electrons. The van der Waals surface area contributed by atoms with Crippen LogP contribution in [-0.2, 0) is 73.8 Å². The zero-order valence-corrected chi connectivity index (χ0v) is 61.0. The average molecular weight is 1410 g/mol. The summed E-state index contributed by atoms with van der Waals surface area (Å²) >= 11 is 0. The topological polar surface area (TPSA) is 279 Å². The van der Waals surface area contributed by atoms with E-state index in [4.69, 9.17) is 0 Å². The van der Waals surface area contributed by atoms with E-state index in [1.807, 2.05) is 48.5 Å². The van der Waals surface area contributed by atoms with Gasteiger partial charge in [0.1, 0.15) is 60.4 Å². The number of allylic oxidation sites excluding steroid dienone is 2. The second-order valence-corrected chi connectivity index (χ2v) is 26.0. The third-order valence-corrected chi connectivity index (χ3v) is 16.8. The largest absolute Gasteiger partial charge is 2.00 e. The predicted octanol–water partition coefficient (Wildman–Crippen LogP) is 3.92. The van der Waals surface area contributed by atoms with Crippen molar-refractivity contribution >= 4 is 65.0 Å². The maximum Gasteiger partial charge on any atom is 2.00 e. The molecular weight excluding hydrogens is 1300 g/mol. The van der Waals surface area contributed by atoms with E-state index in [0.717, 1.165) is 9.80 Å². The Morgan fingerprint density at radius 1 is 0.477 bits per heavy atom. The van der Waals surface area contributed by atoms with Gasteiger partial charge < -0.3 is 75.0 Å². The van der Waals surface area contributed by atoms with Gasteiger partial charge >= 0.3 is 21.1 Å². The molecule has 23 nitrogen and oxygen atoms in total. The number of nitrogens with one attached hydrogen (secondary N) is 4. The van der Waals surface area contributed by atoms with Gasteiger partial charge in [-0.2, -0.15) is 0 Å². The van der Waals surface area contributed by atoms with Gasteiger partial charge in [0.05, 0.1) is 6.10 Å². The monoisotopic (exact) mass is 1410 g/mol. The fourth-order valence-corrected chi connectivity index (χ4v) is 10.9. The van der Waals surface area contributed by atoms with Crippen LogP contribution >= 0.6 is 0 Å². The number of aliphatic hydroxyl groups is 1. The van der Waals surface area contributed by atoms with Crippen LogP contribution in [0, 0.1) is 55.8 Å². The summed E-state index contributed by atoms with van der Waals surface area (Å²) in [7, 11) is 9.82. The van der Waals surface area contributed by atoms with E-state index >= 15 is 9.59 Å². The van der Waals surface area contributed by atoms with E-state index in [0.29, 0.717) is 12.8 Å². The number of hydrogen-bond acceptors (Lipinski definition) is 12. The van der Waals surface area contributed by atoms with Gasteiger partial charge in [0.15, 0.2) is 0 Å². The van der Waals surface area contributed by atoms with Crippen molar-refractivity contribution in [3.63, 3.8) is 0 Å². The van der Waals surface area contributed by atoms with E-state index in [9.17, 15) is 48.3 Å². The molecule has 1 aliphatic heterocycles. The summed E-state index contributed by atoms with van der Waals surface area (Å²) in [5.41, 5.74) is 0.